The van der Waals surface area contributed by atoms with Gasteiger partial charge >= 0.3 is 7.32 Å². The molecule has 1 aromatic rings. The van der Waals surface area contributed by atoms with Crippen molar-refractivity contribution in [3.8, 4) is 5.75 Å². The van der Waals surface area contributed by atoms with Crippen molar-refractivity contribution in [1.29, 1.82) is 0 Å². The van der Waals surface area contributed by atoms with Crippen molar-refractivity contribution in [2.45, 2.75) is 64.6 Å². The Morgan fingerprint density at radius 1 is 1.10 bits per heavy atom. The van der Waals surface area contributed by atoms with Crippen molar-refractivity contribution >= 4 is 7.32 Å². The normalized spacial score (nSPS) is 21.0. The molecule has 0 aromatic heterocycles. The molecule has 2 N–H and O–H groups in total. The maximum Gasteiger partial charge on any atom is 0.707 e. The van der Waals surface area contributed by atoms with Crippen molar-refractivity contribution < 1.29 is 14.7 Å². The lowest BCUT2D eigenvalue weighted by atomic mass is 9.79. The molecule has 21 heavy (non-hydrogen) atoms. The van der Waals surface area contributed by atoms with Crippen LogP contribution in [0.1, 0.15) is 52.5 Å². The molecule has 1 saturated heterocycles. The van der Waals surface area contributed by atoms with Crippen LogP contribution >= 0.6 is 0 Å². The molecule has 1 fully saturated rings. The highest BCUT2D eigenvalue weighted by Crippen LogP contribution is 2.40. The molecular weight excluding hydrogens is 265 g/mol. The summed E-state index contributed by atoms with van der Waals surface area (Å²) in [5.74, 6) is 0.532. The highest BCUT2D eigenvalue weighted by Gasteiger charge is 2.41. The van der Waals surface area contributed by atoms with Crippen LogP contribution in [-0.4, -0.2) is 33.3 Å². The fourth-order valence-electron chi connectivity index (χ4n) is 3.50. The second-order valence-electron chi connectivity index (χ2n) is 7.12. The molecule has 0 bridgehead atoms. The summed E-state index contributed by atoms with van der Waals surface area (Å²) in [6, 6.07) is 7.56. The molecule has 0 radical (unpaired) electrons. The topological polar surface area (TPSA) is 52.9 Å². The number of nitrogens with zero attached hydrogens (tertiary/aromatic N) is 1. The molecule has 1 aliphatic rings. The first-order valence-corrected chi connectivity index (χ1v) is 7.61. The number of hydrogen-bond donors (Lipinski definition) is 2. The number of benzene rings is 1. The van der Waals surface area contributed by atoms with Crippen LogP contribution in [0, 0.1) is 0 Å². The number of para-hydroxylation sites is 1. The third-order valence-corrected chi connectivity index (χ3v) is 4.57. The molecule has 5 heteroatoms. The van der Waals surface area contributed by atoms with Crippen LogP contribution in [0.15, 0.2) is 24.3 Å². The van der Waals surface area contributed by atoms with Crippen LogP contribution in [-0.2, 0) is 6.54 Å². The predicted octanol–water partition coefficient (Wildman–Crippen LogP) is 2.58. The summed E-state index contributed by atoms with van der Waals surface area (Å²) in [5, 5.41) is 18.1. The van der Waals surface area contributed by atoms with Crippen LogP contribution in [0.4, 0.5) is 0 Å². The summed E-state index contributed by atoms with van der Waals surface area (Å²) in [5.41, 5.74) is 1.22. The fraction of sp³-hybridized carbons (Fsp3) is 0.625. The van der Waals surface area contributed by atoms with Crippen molar-refractivity contribution in [3.63, 3.8) is 0 Å². The zero-order valence-electron chi connectivity index (χ0n) is 13.5. The van der Waals surface area contributed by atoms with E-state index in [1.807, 2.05) is 18.2 Å². The molecular formula is C16H26BNO3. The molecule has 4 nitrogen and oxygen atoms in total. The second kappa shape index (κ2) is 5.99. The summed E-state index contributed by atoms with van der Waals surface area (Å²) in [6.07, 6.45) is 3.58. The monoisotopic (exact) mass is 291 g/mol. The molecule has 1 aliphatic heterocycles. The van der Waals surface area contributed by atoms with Crippen LogP contribution in [0.25, 0.3) is 0 Å². The Bertz CT molecular complexity index is 472. The fourth-order valence-corrected chi connectivity index (χ4v) is 3.50. The van der Waals surface area contributed by atoms with Gasteiger partial charge < -0.3 is 14.7 Å². The molecule has 0 spiro atoms. The zero-order valence-corrected chi connectivity index (χ0v) is 13.5. The summed E-state index contributed by atoms with van der Waals surface area (Å²) in [7, 11) is -1.78. The summed E-state index contributed by atoms with van der Waals surface area (Å²) < 4.78 is 5.11. The lowest BCUT2D eigenvalue weighted by Crippen LogP contribution is -2.57. The zero-order chi connectivity index (χ0) is 15.7. The molecule has 2 rings (SSSR count). The standard InChI is InChI=1S/C16H26BNO3/c1-15(2)10-7-11-16(3,4)18(15)12-13-8-5-6-9-14(13)21-17(19)20/h5-6,8-9,19-20H,7,10-12H2,1-4H3. The summed E-state index contributed by atoms with van der Waals surface area (Å²) >= 11 is 0. The minimum absolute atomic E-state index is 0.118. The van der Waals surface area contributed by atoms with E-state index < -0.39 is 7.32 Å². The molecule has 0 saturated carbocycles. The molecule has 1 aromatic carbocycles. The van der Waals surface area contributed by atoms with E-state index >= 15 is 0 Å². The van der Waals surface area contributed by atoms with Gasteiger partial charge in [0.05, 0.1) is 0 Å². The number of piperidine rings is 1. The van der Waals surface area contributed by atoms with Crippen LogP contribution in [0.3, 0.4) is 0 Å². The van der Waals surface area contributed by atoms with Crippen LogP contribution < -0.4 is 4.65 Å². The van der Waals surface area contributed by atoms with Gasteiger partial charge in [-0.2, -0.15) is 0 Å². The third-order valence-electron chi connectivity index (χ3n) is 4.57. The van der Waals surface area contributed by atoms with Gasteiger partial charge in [0.1, 0.15) is 5.75 Å². The van der Waals surface area contributed by atoms with E-state index in [0.717, 1.165) is 12.1 Å². The lowest BCUT2D eigenvalue weighted by Gasteiger charge is -2.53. The maximum atomic E-state index is 9.06. The Kier molecular flexibility index (Phi) is 4.66. The molecule has 1 heterocycles. The largest absolute Gasteiger partial charge is 0.707 e. The van der Waals surface area contributed by atoms with Crippen molar-refractivity contribution in [2.75, 3.05) is 0 Å². The molecule has 0 atom stereocenters. The van der Waals surface area contributed by atoms with Crippen molar-refractivity contribution in [2.24, 2.45) is 0 Å². The van der Waals surface area contributed by atoms with Gasteiger partial charge in [0.25, 0.3) is 0 Å². The van der Waals surface area contributed by atoms with Gasteiger partial charge in [0.15, 0.2) is 0 Å². The highest BCUT2D eigenvalue weighted by atomic mass is 16.6. The Labute approximate surface area is 127 Å². The SMILES string of the molecule is CC1(C)CCCC(C)(C)N1Cc1ccccc1OB(O)O. The number of likely N-dealkylation sites (tertiary alicyclic amines) is 1. The van der Waals surface area contributed by atoms with Gasteiger partial charge in [-0.25, -0.2) is 0 Å². The molecule has 116 valence electrons. The van der Waals surface area contributed by atoms with E-state index in [9.17, 15) is 0 Å². The first-order chi connectivity index (χ1) is 9.72. The highest BCUT2D eigenvalue weighted by molar-refractivity contribution is 6.33. The first kappa shape index (κ1) is 16.3. The minimum Gasteiger partial charge on any atom is -0.512 e. The summed E-state index contributed by atoms with van der Waals surface area (Å²) in [4.78, 5) is 2.50. The quantitative estimate of drug-likeness (QED) is 0.837. The Morgan fingerprint density at radius 3 is 2.24 bits per heavy atom. The van der Waals surface area contributed by atoms with Crippen molar-refractivity contribution in [1.82, 2.24) is 4.90 Å². The van der Waals surface area contributed by atoms with Gasteiger partial charge in [-0.1, -0.05) is 18.2 Å². The van der Waals surface area contributed by atoms with Gasteiger partial charge in [-0.05, 0) is 53.0 Å². The molecule has 0 unspecified atom stereocenters. The average Bonchev–Trinajstić information content (AvgIpc) is 2.34. The van der Waals surface area contributed by atoms with Crippen LogP contribution in [0.2, 0.25) is 0 Å². The van der Waals surface area contributed by atoms with E-state index in [1.165, 1.54) is 19.3 Å². The van der Waals surface area contributed by atoms with Gasteiger partial charge in [-0.15, -0.1) is 0 Å². The minimum atomic E-state index is -1.78. The lowest BCUT2D eigenvalue weighted by molar-refractivity contribution is -0.0343. The van der Waals surface area contributed by atoms with E-state index in [-0.39, 0.29) is 11.1 Å². The van der Waals surface area contributed by atoms with Gasteiger partial charge in [-0.3, -0.25) is 4.90 Å². The average molecular weight is 291 g/mol. The smallest absolute Gasteiger partial charge is 0.512 e. The van der Waals surface area contributed by atoms with Gasteiger partial charge in [0, 0.05) is 23.2 Å². The van der Waals surface area contributed by atoms with Crippen LogP contribution in [0.5, 0.6) is 5.75 Å². The Morgan fingerprint density at radius 2 is 1.67 bits per heavy atom. The molecule has 0 aliphatic carbocycles. The van der Waals surface area contributed by atoms with E-state index in [1.54, 1.807) is 6.07 Å². The third kappa shape index (κ3) is 3.79. The van der Waals surface area contributed by atoms with E-state index in [4.69, 9.17) is 14.7 Å². The van der Waals surface area contributed by atoms with E-state index in [2.05, 4.69) is 32.6 Å². The Balaban J connectivity index is 2.27. The number of hydrogen-bond acceptors (Lipinski definition) is 4. The predicted molar refractivity (Wildman–Crippen MR) is 84.8 cm³/mol. The summed E-state index contributed by atoms with van der Waals surface area (Å²) in [6.45, 7) is 9.84. The van der Waals surface area contributed by atoms with Crippen molar-refractivity contribution in [3.05, 3.63) is 29.8 Å². The second-order valence-corrected chi connectivity index (χ2v) is 7.12. The maximum absolute atomic E-state index is 9.06. The molecule has 0 amide bonds. The van der Waals surface area contributed by atoms with E-state index in [0.29, 0.717) is 5.75 Å². The Hall–Kier alpha value is -1.04. The van der Waals surface area contributed by atoms with Gasteiger partial charge in [0.2, 0.25) is 0 Å². The first-order valence-electron chi connectivity index (χ1n) is 7.61. The number of rotatable bonds is 4.